The summed E-state index contributed by atoms with van der Waals surface area (Å²) >= 11 is 0. The Hall–Kier alpha value is -1.59. The van der Waals surface area contributed by atoms with Crippen LogP contribution in [-0.2, 0) is 20.7 Å². The quantitative estimate of drug-likeness (QED) is 0.736. The first kappa shape index (κ1) is 14.8. The molecule has 110 valence electrons. The van der Waals surface area contributed by atoms with E-state index < -0.39 is 0 Å². The second kappa shape index (κ2) is 7.87. The van der Waals surface area contributed by atoms with Gasteiger partial charge in [-0.1, -0.05) is 18.2 Å². The van der Waals surface area contributed by atoms with Crippen LogP contribution in [0.2, 0.25) is 0 Å². The Morgan fingerprint density at radius 3 is 3.15 bits per heavy atom. The van der Waals surface area contributed by atoms with Crippen LogP contribution < -0.4 is 10.6 Å². The van der Waals surface area contributed by atoms with Crippen molar-refractivity contribution in [2.75, 3.05) is 38.7 Å². The van der Waals surface area contributed by atoms with Gasteiger partial charge in [0.25, 0.3) is 0 Å². The molecule has 0 saturated carbocycles. The second-order valence-corrected chi connectivity index (χ2v) is 4.87. The van der Waals surface area contributed by atoms with Gasteiger partial charge in [0, 0.05) is 38.9 Å². The summed E-state index contributed by atoms with van der Waals surface area (Å²) in [4.78, 5) is 11.6. The number of rotatable bonds is 7. The highest BCUT2D eigenvalue weighted by atomic mass is 16.5. The van der Waals surface area contributed by atoms with Gasteiger partial charge in [-0.2, -0.15) is 0 Å². The van der Waals surface area contributed by atoms with Crippen molar-refractivity contribution in [1.82, 2.24) is 5.32 Å². The number of hydrogen-bond donors (Lipinski definition) is 2. The predicted molar refractivity (Wildman–Crippen MR) is 77.9 cm³/mol. The first-order chi connectivity index (χ1) is 9.79. The topological polar surface area (TPSA) is 59.6 Å². The van der Waals surface area contributed by atoms with E-state index in [4.69, 9.17) is 9.47 Å². The highest BCUT2D eigenvalue weighted by Crippen LogP contribution is 2.22. The lowest BCUT2D eigenvalue weighted by Crippen LogP contribution is -2.35. The molecule has 2 N–H and O–H groups in total. The number of carbonyl (C=O) groups is 1. The molecule has 1 unspecified atom stereocenters. The molecule has 0 spiro atoms. The summed E-state index contributed by atoms with van der Waals surface area (Å²) in [6.07, 6.45) is 1.72. The van der Waals surface area contributed by atoms with E-state index in [-0.39, 0.29) is 18.6 Å². The third kappa shape index (κ3) is 4.51. The van der Waals surface area contributed by atoms with Crippen LogP contribution in [0.5, 0.6) is 0 Å². The minimum atomic E-state index is -0.0695. The number of anilines is 1. The molecule has 5 nitrogen and oxygen atoms in total. The Morgan fingerprint density at radius 1 is 1.45 bits per heavy atom. The average molecular weight is 278 g/mol. The van der Waals surface area contributed by atoms with Crippen molar-refractivity contribution in [2.24, 2.45) is 0 Å². The lowest BCUT2D eigenvalue weighted by molar-refractivity contribution is -0.127. The maximum absolute atomic E-state index is 11.6. The SMILES string of the molecule is COCCCNC(=O)COC1CNc2ccccc2C1. The summed E-state index contributed by atoms with van der Waals surface area (Å²) in [7, 11) is 1.65. The van der Waals surface area contributed by atoms with Crippen LogP contribution in [0.3, 0.4) is 0 Å². The summed E-state index contributed by atoms with van der Waals surface area (Å²) in [5, 5.41) is 6.13. The van der Waals surface area contributed by atoms with Gasteiger partial charge in [0.05, 0.1) is 6.10 Å². The lowest BCUT2D eigenvalue weighted by atomic mass is 10.0. The molecular weight excluding hydrogens is 256 g/mol. The molecule has 1 aliphatic rings. The van der Waals surface area contributed by atoms with E-state index in [0.29, 0.717) is 13.2 Å². The van der Waals surface area contributed by atoms with Gasteiger partial charge >= 0.3 is 0 Å². The summed E-state index contributed by atoms with van der Waals surface area (Å²) in [6.45, 7) is 2.14. The summed E-state index contributed by atoms with van der Waals surface area (Å²) in [6, 6.07) is 8.18. The standard InChI is InChI=1S/C15H22N2O3/c1-19-8-4-7-16-15(18)11-20-13-9-12-5-2-3-6-14(12)17-10-13/h2-3,5-6,13,17H,4,7-11H2,1H3,(H,16,18). The number of methoxy groups -OCH3 is 1. The van der Waals surface area contributed by atoms with Gasteiger partial charge in [-0.25, -0.2) is 0 Å². The van der Waals surface area contributed by atoms with Gasteiger partial charge in [-0.15, -0.1) is 0 Å². The van der Waals surface area contributed by atoms with Crippen LogP contribution in [0.4, 0.5) is 5.69 Å². The zero-order valence-corrected chi connectivity index (χ0v) is 11.9. The fourth-order valence-corrected chi connectivity index (χ4v) is 2.22. The van der Waals surface area contributed by atoms with Gasteiger partial charge in [-0.05, 0) is 18.1 Å². The Balaban J connectivity index is 1.67. The zero-order valence-electron chi connectivity index (χ0n) is 11.9. The predicted octanol–water partition coefficient (Wildman–Crippen LogP) is 1.19. The molecule has 0 aliphatic carbocycles. The third-order valence-corrected chi connectivity index (χ3v) is 3.28. The summed E-state index contributed by atoms with van der Waals surface area (Å²) in [5.74, 6) is -0.0695. The number of nitrogens with one attached hydrogen (secondary N) is 2. The van der Waals surface area contributed by atoms with Crippen molar-refractivity contribution in [2.45, 2.75) is 18.9 Å². The largest absolute Gasteiger partial charge is 0.385 e. The maximum atomic E-state index is 11.6. The summed E-state index contributed by atoms with van der Waals surface area (Å²) < 4.78 is 10.6. The smallest absolute Gasteiger partial charge is 0.246 e. The number of hydrogen-bond acceptors (Lipinski definition) is 4. The van der Waals surface area contributed by atoms with Gasteiger partial charge in [-0.3, -0.25) is 4.79 Å². The number of para-hydroxylation sites is 1. The molecule has 0 radical (unpaired) electrons. The number of carbonyl (C=O) groups excluding carboxylic acids is 1. The van der Waals surface area contributed by atoms with Crippen molar-refractivity contribution < 1.29 is 14.3 Å². The van der Waals surface area contributed by atoms with Crippen LogP contribution in [0.25, 0.3) is 0 Å². The van der Waals surface area contributed by atoms with E-state index in [0.717, 1.165) is 25.1 Å². The molecule has 1 aromatic rings. The maximum Gasteiger partial charge on any atom is 0.246 e. The number of benzene rings is 1. The Bertz CT molecular complexity index is 437. The molecular formula is C15H22N2O3. The molecule has 1 heterocycles. The van der Waals surface area contributed by atoms with Crippen LogP contribution in [0, 0.1) is 0 Å². The third-order valence-electron chi connectivity index (χ3n) is 3.28. The van der Waals surface area contributed by atoms with Gasteiger partial charge in [0.1, 0.15) is 6.61 Å². The van der Waals surface area contributed by atoms with Crippen molar-refractivity contribution in [3.8, 4) is 0 Å². The minimum absolute atomic E-state index is 0.0506. The van der Waals surface area contributed by atoms with Gasteiger partial charge in [0.2, 0.25) is 5.91 Å². The number of fused-ring (bicyclic) bond motifs is 1. The molecule has 2 rings (SSSR count). The Morgan fingerprint density at radius 2 is 2.30 bits per heavy atom. The van der Waals surface area contributed by atoms with Crippen LogP contribution >= 0.6 is 0 Å². The van der Waals surface area contributed by atoms with E-state index in [1.807, 2.05) is 12.1 Å². The molecule has 1 aliphatic heterocycles. The first-order valence-electron chi connectivity index (χ1n) is 6.98. The van der Waals surface area contributed by atoms with E-state index in [9.17, 15) is 4.79 Å². The molecule has 0 fully saturated rings. The second-order valence-electron chi connectivity index (χ2n) is 4.87. The van der Waals surface area contributed by atoms with Crippen molar-refractivity contribution >= 4 is 11.6 Å². The molecule has 5 heteroatoms. The molecule has 20 heavy (non-hydrogen) atoms. The molecule has 1 atom stereocenters. The highest BCUT2D eigenvalue weighted by molar-refractivity contribution is 5.77. The summed E-state index contributed by atoms with van der Waals surface area (Å²) in [5.41, 5.74) is 2.40. The van der Waals surface area contributed by atoms with Crippen LogP contribution in [0.1, 0.15) is 12.0 Å². The van der Waals surface area contributed by atoms with Crippen molar-refractivity contribution in [3.63, 3.8) is 0 Å². The Labute approximate surface area is 119 Å². The van der Waals surface area contributed by atoms with E-state index >= 15 is 0 Å². The van der Waals surface area contributed by atoms with Crippen molar-refractivity contribution in [1.29, 1.82) is 0 Å². The van der Waals surface area contributed by atoms with E-state index in [1.165, 1.54) is 5.56 Å². The fourth-order valence-electron chi connectivity index (χ4n) is 2.22. The van der Waals surface area contributed by atoms with Crippen molar-refractivity contribution in [3.05, 3.63) is 29.8 Å². The van der Waals surface area contributed by atoms with Gasteiger partial charge in [0.15, 0.2) is 0 Å². The fraction of sp³-hybridized carbons (Fsp3) is 0.533. The molecule has 0 bridgehead atoms. The minimum Gasteiger partial charge on any atom is -0.385 e. The molecule has 1 amide bonds. The number of amides is 1. The monoisotopic (exact) mass is 278 g/mol. The van der Waals surface area contributed by atoms with E-state index in [1.54, 1.807) is 7.11 Å². The number of ether oxygens (including phenoxy) is 2. The highest BCUT2D eigenvalue weighted by Gasteiger charge is 2.18. The van der Waals surface area contributed by atoms with Crippen LogP contribution in [-0.4, -0.2) is 45.4 Å². The van der Waals surface area contributed by atoms with Crippen LogP contribution in [0.15, 0.2) is 24.3 Å². The first-order valence-corrected chi connectivity index (χ1v) is 6.98. The zero-order chi connectivity index (χ0) is 14.2. The molecule has 1 aromatic carbocycles. The lowest BCUT2D eigenvalue weighted by Gasteiger charge is -2.26. The Kier molecular flexibility index (Phi) is 5.83. The molecule has 0 saturated heterocycles. The van der Waals surface area contributed by atoms with E-state index in [2.05, 4.69) is 22.8 Å². The average Bonchev–Trinajstić information content (AvgIpc) is 2.49. The molecule has 0 aromatic heterocycles. The van der Waals surface area contributed by atoms with Gasteiger partial charge < -0.3 is 20.1 Å². The normalized spacial score (nSPS) is 17.1.